The van der Waals surface area contributed by atoms with E-state index in [9.17, 15) is 0 Å². The first-order valence-electron chi connectivity index (χ1n) is 7.70. The number of fused-ring (bicyclic) bond motifs is 3. The number of anilines is 1. The maximum atomic E-state index is 6.32. The van der Waals surface area contributed by atoms with Gasteiger partial charge in [0, 0.05) is 12.1 Å². The van der Waals surface area contributed by atoms with Crippen LogP contribution in [0.5, 0.6) is 0 Å². The molecule has 0 atom stereocenters. The largest absolute Gasteiger partial charge is 0.325 e. The first-order valence-corrected chi connectivity index (χ1v) is 8.08. The van der Waals surface area contributed by atoms with E-state index in [1.807, 2.05) is 12.1 Å². The van der Waals surface area contributed by atoms with Crippen molar-refractivity contribution in [3.63, 3.8) is 0 Å². The van der Waals surface area contributed by atoms with E-state index in [1.54, 1.807) is 0 Å². The monoisotopic (exact) mass is 300 g/mol. The lowest BCUT2D eigenvalue weighted by molar-refractivity contribution is 0.603. The zero-order valence-electron chi connectivity index (χ0n) is 12.7. The number of amidine groups is 1. The summed E-state index contributed by atoms with van der Waals surface area (Å²) in [5.74, 6) is 1.71. The lowest BCUT2D eigenvalue weighted by Gasteiger charge is -2.27. The molecule has 21 heavy (non-hydrogen) atoms. The number of allylic oxidation sites excluding steroid dienone is 1. The maximum Gasteiger partial charge on any atom is 0.136 e. The van der Waals surface area contributed by atoms with Crippen LogP contribution in [0, 0.1) is 5.92 Å². The Morgan fingerprint density at radius 2 is 2.14 bits per heavy atom. The van der Waals surface area contributed by atoms with Gasteiger partial charge in [0.1, 0.15) is 5.84 Å². The van der Waals surface area contributed by atoms with Gasteiger partial charge in [-0.3, -0.25) is 0 Å². The van der Waals surface area contributed by atoms with Gasteiger partial charge in [-0.25, -0.2) is 4.99 Å². The minimum atomic E-state index is 0.636. The van der Waals surface area contributed by atoms with Crippen LogP contribution in [0.15, 0.2) is 41.4 Å². The van der Waals surface area contributed by atoms with E-state index in [0.29, 0.717) is 5.92 Å². The average molecular weight is 301 g/mol. The molecule has 2 heterocycles. The van der Waals surface area contributed by atoms with Gasteiger partial charge in [0.2, 0.25) is 0 Å². The van der Waals surface area contributed by atoms with Crippen LogP contribution in [0.25, 0.3) is 5.70 Å². The van der Waals surface area contributed by atoms with Crippen LogP contribution in [0.4, 0.5) is 5.69 Å². The van der Waals surface area contributed by atoms with Gasteiger partial charge in [0.15, 0.2) is 0 Å². The summed E-state index contributed by atoms with van der Waals surface area (Å²) in [6, 6.07) is 6.02. The highest BCUT2D eigenvalue weighted by atomic mass is 35.5. The second-order valence-electron chi connectivity index (χ2n) is 5.69. The number of nitrogens with zero attached hydrogens (tertiary/aromatic N) is 2. The molecule has 1 fully saturated rings. The Morgan fingerprint density at radius 1 is 1.38 bits per heavy atom. The first kappa shape index (κ1) is 14.4. The van der Waals surface area contributed by atoms with Crippen molar-refractivity contribution in [1.29, 1.82) is 0 Å². The van der Waals surface area contributed by atoms with E-state index < -0.39 is 0 Å². The molecule has 1 saturated heterocycles. The minimum absolute atomic E-state index is 0.636. The zero-order valence-corrected chi connectivity index (χ0v) is 13.5. The lowest BCUT2D eigenvalue weighted by atomic mass is 9.99. The molecule has 0 aromatic heterocycles. The van der Waals surface area contributed by atoms with Crippen molar-refractivity contribution >= 4 is 28.8 Å². The van der Waals surface area contributed by atoms with Crippen LogP contribution in [0.1, 0.15) is 38.7 Å². The van der Waals surface area contributed by atoms with Gasteiger partial charge in [-0.1, -0.05) is 44.2 Å². The normalized spacial score (nSPS) is 19.0. The standard InChI is InChI=1S/C18H21ClN2/c1-4-13(5-2)11-14-9-10-21-16-8-6-7-15(19)17(16)12(3)20-18(14)21/h6-8,11,13H,3-5,9-10H2,1-2H3/b14-11+. The fraction of sp³-hybridized carbons (Fsp3) is 0.389. The summed E-state index contributed by atoms with van der Waals surface area (Å²) in [6.07, 6.45) is 5.81. The minimum Gasteiger partial charge on any atom is -0.325 e. The van der Waals surface area contributed by atoms with E-state index in [-0.39, 0.29) is 0 Å². The van der Waals surface area contributed by atoms with Crippen molar-refractivity contribution in [3.05, 3.63) is 47.0 Å². The molecule has 0 saturated carbocycles. The number of benzene rings is 1. The molecule has 0 N–H and O–H groups in total. The Bertz CT molecular complexity index is 639. The molecule has 3 rings (SSSR count). The highest BCUT2D eigenvalue weighted by Crippen LogP contribution is 2.41. The molecule has 2 aliphatic rings. The highest BCUT2D eigenvalue weighted by Gasteiger charge is 2.31. The van der Waals surface area contributed by atoms with Gasteiger partial charge in [-0.05, 0) is 42.9 Å². The zero-order chi connectivity index (χ0) is 15.0. The Morgan fingerprint density at radius 3 is 2.86 bits per heavy atom. The van der Waals surface area contributed by atoms with Crippen molar-refractivity contribution in [2.75, 3.05) is 11.4 Å². The van der Waals surface area contributed by atoms with Crippen molar-refractivity contribution in [2.45, 2.75) is 33.1 Å². The van der Waals surface area contributed by atoms with Crippen LogP contribution in [0.3, 0.4) is 0 Å². The quantitative estimate of drug-likeness (QED) is 0.740. The molecule has 0 aliphatic carbocycles. The fourth-order valence-corrected chi connectivity index (χ4v) is 3.44. The summed E-state index contributed by atoms with van der Waals surface area (Å²) in [7, 11) is 0. The predicted octanol–water partition coefficient (Wildman–Crippen LogP) is 5.30. The van der Waals surface area contributed by atoms with E-state index in [4.69, 9.17) is 16.6 Å². The van der Waals surface area contributed by atoms with Gasteiger partial charge < -0.3 is 4.90 Å². The van der Waals surface area contributed by atoms with E-state index in [1.165, 1.54) is 18.4 Å². The van der Waals surface area contributed by atoms with Gasteiger partial charge in [0.25, 0.3) is 0 Å². The summed E-state index contributed by atoms with van der Waals surface area (Å²) in [4.78, 5) is 7.03. The van der Waals surface area contributed by atoms with E-state index >= 15 is 0 Å². The average Bonchev–Trinajstić information content (AvgIpc) is 2.87. The van der Waals surface area contributed by atoms with Crippen LogP contribution in [-0.2, 0) is 0 Å². The SMILES string of the molecule is C=C1N=C2/C(=C/C(CC)CC)CCN2c2cccc(Cl)c21. The second kappa shape index (κ2) is 5.69. The van der Waals surface area contributed by atoms with E-state index in [0.717, 1.165) is 40.8 Å². The molecule has 0 unspecified atom stereocenters. The number of rotatable bonds is 3. The Labute approximate surface area is 131 Å². The molecule has 2 nitrogen and oxygen atoms in total. The van der Waals surface area contributed by atoms with Gasteiger partial charge >= 0.3 is 0 Å². The van der Waals surface area contributed by atoms with Crippen LogP contribution >= 0.6 is 11.6 Å². The molecular weight excluding hydrogens is 280 g/mol. The van der Waals surface area contributed by atoms with Gasteiger partial charge in [-0.2, -0.15) is 0 Å². The number of hydrogen-bond acceptors (Lipinski definition) is 2. The first-order chi connectivity index (χ1) is 10.2. The highest BCUT2D eigenvalue weighted by molar-refractivity contribution is 6.33. The topological polar surface area (TPSA) is 15.6 Å². The molecule has 2 aliphatic heterocycles. The fourth-order valence-electron chi connectivity index (χ4n) is 3.16. The Kier molecular flexibility index (Phi) is 3.90. The Hall–Kier alpha value is -1.54. The third-order valence-electron chi connectivity index (χ3n) is 4.45. The summed E-state index contributed by atoms with van der Waals surface area (Å²) in [5.41, 5.74) is 4.26. The van der Waals surface area contributed by atoms with E-state index in [2.05, 4.69) is 37.5 Å². The predicted molar refractivity (Wildman–Crippen MR) is 92.0 cm³/mol. The summed E-state index contributed by atoms with van der Waals surface area (Å²) < 4.78 is 0. The summed E-state index contributed by atoms with van der Waals surface area (Å²) >= 11 is 6.32. The van der Waals surface area contributed by atoms with Crippen molar-refractivity contribution < 1.29 is 0 Å². The van der Waals surface area contributed by atoms with Crippen LogP contribution < -0.4 is 4.90 Å². The Balaban J connectivity index is 2.03. The molecule has 3 heteroatoms. The van der Waals surface area contributed by atoms with Crippen molar-refractivity contribution in [3.8, 4) is 0 Å². The third-order valence-corrected chi connectivity index (χ3v) is 4.76. The molecule has 110 valence electrons. The van der Waals surface area contributed by atoms with Gasteiger partial charge in [-0.15, -0.1) is 0 Å². The lowest BCUT2D eigenvalue weighted by Crippen LogP contribution is -2.28. The molecule has 0 amide bonds. The van der Waals surface area contributed by atoms with Crippen molar-refractivity contribution in [1.82, 2.24) is 0 Å². The molecule has 0 bridgehead atoms. The number of hydrogen-bond donors (Lipinski definition) is 0. The summed E-state index contributed by atoms with van der Waals surface area (Å²) in [6.45, 7) is 9.57. The van der Waals surface area contributed by atoms with Crippen LogP contribution in [0.2, 0.25) is 5.02 Å². The number of aliphatic imine (C=N–C) groups is 1. The molecule has 0 spiro atoms. The van der Waals surface area contributed by atoms with Gasteiger partial charge in [0.05, 0.1) is 16.4 Å². The van der Waals surface area contributed by atoms with Crippen LogP contribution in [-0.4, -0.2) is 12.4 Å². The molecular formula is C18H21ClN2. The molecule has 1 aromatic rings. The molecule has 0 radical (unpaired) electrons. The number of halogens is 1. The third kappa shape index (κ3) is 2.42. The maximum absolute atomic E-state index is 6.32. The summed E-state index contributed by atoms with van der Waals surface area (Å²) in [5, 5.41) is 0.734. The molecule has 1 aromatic carbocycles. The smallest absolute Gasteiger partial charge is 0.136 e. The second-order valence-corrected chi connectivity index (χ2v) is 6.09. The van der Waals surface area contributed by atoms with Crippen molar-refractivity contribution in [2.24, 2.45) is 10.9 Å².